The molecule has 90 valence electrons. The first kappa shape index (κ1) is 13.6. The van der Waals surface area contributed by atoms with Gasteiger partial charge >= 0.3 is 0 Å². The van der Waals surface area contributed by atoms with E-state index in [1.807, 2.05) is 7.05 Å². The molecule has 0 aliphatic rings. The molecule has 0 bridgehead atoms. The zero-order valence-electron chi connectivity index (χ0n) is 9.26. The highest BCUT2D eigenvalue weighted by Crippen LogP contribution is 2.36. The number of nitrogens with one attached hydrogen (secondary N) is 1. The molecule has 0 aromatic heterocycles. The molecule has 1 atom stereocenters. The van der Waals surface area contributed by atoms with Crippen molar-refractivity contribution in [1.82, 2.24) is 5.32 Å². The quantitative estimate of drug-likeness (QED) is 0.859. The Morgan fingerprint density at radius 2 is 2.12 bits per heavy atom. The fourth-order valence-corrected chi connectivity index (χ4v) is 2.07. The van der Waals surface area contributed by atoms with Gasteiger partial charge in [-0.15, -0.1) is 0 Å². The van der Waals surface area contributed by atoms with Crippen LogP contribution in [-0.2, 0) is 0 Å². The first-order valence-corrected chi connectivity index (χ1v) is 5.71. The Labute approximate surface area is 105 Å². The lowest BCUT2D eigenvalue weighted by Gasteiger charge is -2.16. The van der Waals surface area contributed by atoms with Crippen LogP contribution < -0.4 is 10.1 Å². The summed E-state index contributed by atoms with van der Waals surface area (Å²) in [6.07, 6.45) is -0.0672. The third kappa shape index (κ3) is 3.25. The van der Waals surface area contributed by atoms with Crippen molar-refractivity contribution in [2.75, 3.05) is 20.7 Å². The van der Waals surface area contributed by atoms with Gasteiger partial charge in [0.1, 0.15) is 5.75 Å². The topological polar surface area (TPSA) is 41.5 Å². The molecule has 0 heterocycles. The van der Waals surface area contributed by atoms with Gasteiger partial charge < -0.3 is 15.2 Å². The molecule has 1 aromatic rings. The van der Waals surface area contributed by atoms with Crippen LogP contribution in [0.3, 0.4) is 0 Å². The number of aliphatic hydroxyl groups is 1. The smallest absolute Gasteiger partial charge is 0.143 e. The van der Waals surface area contributed by atoms with Crippen LogP contribution in [0.1, 0.15) is 18.1 Å². The third-order valence-corrected chi connectivity index (χ3v) is 2.77. The second kappa shape index (κ2) is 6.30. The van der Waals surface area contributed by atoms with Gasteiger partial charge in [0, 0.05) is 10.6 Å². The molecule has 0 spiro atoms. The normalized spacial score (nSPS) is 12.6. The van der Waals surface area contributed by atoms with Crippen LogP contribution in [0.5, 0.6) is 5.75 Å². The average molecular weight is 264 g/mol. The van der Waals surface area contributed by atoms with E-state index < -0.39 is 6.10 Å². The summed E-state index contributed by atoms with van der Waals surface area (Å²) in [4.78, 5) is 0. The fourth-order valence-electron chi connectivity index (χ4n) is 1.48. The minimum absolute atomic E-state index is 0.411. The van der Waals surface area contributed by atoms with Crippen LogP contribution in [0.4, 0.5) is 0 Å². The molecule has 0 fully saturated rings. The Balaban J connectivity index is 3.00. The average Bonchev–Trinajstić information content (AvgIpc) is 2.24. The van der Waals surface area contributed by atoms with Crippen molar-refractivity contribution in [1.29, 1.82) is 0 Å². The van der Waals surface area contributed by atoms with Gasteiger partial charge in [0.25, 0.3) is 0 Å². The summed E-state index contributed by atoms with van der Waals surface area (Å²) in [7, 11) is 3.35. The predicted octanol–water partition coefficient (Wildman–Crippen LogP) is 2.64. The van der Waals surface area contributed by atoms with Crippen molar-refractivity contribution in [3.05, 3.63) is 27.7 Å². The lowest BCUT2D eigenvalue weighted by molar-refractivity contribution is 0.163. The molecule has 0 radical (unpaired) electrons. The molecule has 0 aliphatic heterocycles. The maximum atomic E-state index is 9.98. The zero-order valence-corrected chi connectivity index (χ0v) is 10.8. The molecule has 16 heavy (non-hydrogen) atoms. The highest BCUT2D eigenvalue weighted by Gasteiger charge is 2.16. The molecule has 0 aliphatic carbocycles. The van der Waals surface area contributed by atoms with Crippen molar-refractivity contribution in [3.63, 3.8) is 0 Å². The molecule has 1 unspecified atom stereocenters. The van der Waals surface area contributed by atoms with Gasteiger partial charge in [0.05, 0.1) is 18.2 Å². The maximum Gasteiger partial charge on any atom is 0.143 e. The summed E-state index contributed by atoms with van der Waals surface area (Å²) in [6, 6.07) is 3.27. The number of hydrogen-bond donors (Lipinski definition) is 2. The van der Waals surface area contributed by atoms with Gasteiger partial charge in [-0.1, -0.05) is 23.2 Å². The van der Waals surface area contributed by atoms with Gasteiger partial charge in [-0.05, 0) is 32.1 Å². The lowest BCUT2D eigenvalue weighted by Crippen LogP contribution is -2.12. The summed E-state index contributed by atoms with van der Waals surface area (Å²) in [5, 5.41) is 13.8. The molecule has 1 rings (SSSR count). The number of aliphatic hydroxyl groups excluding tert-OH is 1. The molecular weight excluding hydrogens is 249 g/mol. The molecule has 0 amide bonds. The highest BCUT2D eigenvalue weighted by atomic mass is 35.5. The molecule has 5 heteroatoms. The van der Waals surface area contributed by atoms with E-state index >= 15 is 0 Å². The number of hydrogen-bond acceptors (Lipinski definition) is 3. The van der Waals surface area contributed by atoms with E-state index in [9.17, 15) is 5.11 Å². The van der Waals surface area contributed by atoms with Crippen molar-refractivity contribution in [2.45, 2.75) is 12.5 Å². The second-order valence-corrected chi connectivity index (χ2v) is 4.26. The van der Waals surface area contributed by atoms with E-state index in [0.717, 1.165) is 0 Å². The van der Waals surface area contributed by atoms with Gasteiger partial charge in [0.2, 0.25) is 0 Å². The molecule has 0 saturated carbocycles. The monoisotopic (exact) mass is 263 g/mol. The number of methoxy groups -OCH3 is 1. The van der Waals surface area contributed by atoms with E-state index in [0.29, 0.717) is 34.3 Å². The number of rotatable bonds is 5. The Kier molecular flexibility index (Phi) is 5.35. The van der Waals surface area contributed by atoms with Crippen LogP contribution >= 0.6 is 23.2 Å². The summed E-state index contributed by atoms with van der Waals surface area (Å²) in [5.74, 6) is 0.481. The number of halogens is 2. The van der Waals surface area contributed by atoms with Crippen molar-refractivity contribution in [2.24, 2.45) is 0 Å². The summed E-state index contributed by atoms with van der Waals surface area (Å²) in [5.41, 5.74) is 0.621. The van der Waals surface area contributed by atoms with Crippen molar-refractivity contribution < 1.29 is 9.84 Å². The summed E-state index contributed by atoms with van der Waals surface area (Å²) >= 11 is 11.9. The molecule has 3 nitrogen and oxygen atoms in total. The minimum Gasteiger partial charge on any atom is -0.495 e. The van der Waals surface area contributed by atoms with Crippen LogP contribution in [0, 0.1) is 0 Å². The SMILES string of the molecule is CNCCC(O)c1cc(Cl)cc(Cl)c1OC. The zero-order chi connectivity index (χ0) is 12.1. The van der Waals surface area contributed by atoms with Crippen LogP contribution in [0.2, 0.25) is 10.0 Å². The maximum absolute atomic E-state index is 9.98. The fraction of sp³-hybridized carbons (Fsp3) is 0.455. The molecule has 1 aromatic carbocycles. The van der Waals surface area contributed by atoms with E-state index in [1.54, 1.807) is 12.1 Å². The van der Waals surface area contributed by atoms with E-state index in [1.165, 1.54) is 7.11 Å². The first-order chi connectivity index (χ1) is 7.60. The molecule has 0 saturated heterocycles. The van der Waals surface area contributed by atoms with Gasteiger partial charge in [0.15, 0.2) is 0 Å². The standard InChI is InChI=1S/C11H15Cl2NO2/c1-14-4-3-10(15)8-5-7(12)6-9(13)11(8)16-2/h5-6,10,14-15H,3-4H2,1-2H3. The van der Waals surface area contributed by atoms with E-state index in [4.69, 9.17) is 27.9 Å². The van der Waals surface area contributed by atoms with E-state index in [2.05, 4.69) is 5.32 Å². The Bertz CT molecular complexity index is 358. The number of ether oxygens (including phenoxy) is 1. The molecular formula is C11H15Cl2NO2. The predicted molar refractivity (Wildman–Crippen MR) is 66.5 cm³/mol. The van der Waals surface area contributed by atoms with Crippen LogP contribution in [0.25, 0.3) is 0 Å². The van der Waals surface area contributed by atoms with Crippen molar-refractivity contribution in [3.8, 4) is 5.75 Å². The van der Waals surface area contributed by atoms with Crippen molar-refractivity contribution >= 4 is 23.2 Å². The van der Waals surface area contributed by atoms with Crippen LogP contribution in [0.15, 0.2) is 12.1 Å². The largest absolute Gasteiger partial charge is 0.495 e. The lowest BCUT2D eigenvalue weighted by atomic mass is 10.1. The van der Waals surface area contributed by atoms with Gasteiger partial charge in [-0.25, -0.2) is 0 Å². The first-order valence-electron chi connectivity index (χ1n) is 4.95. The van der Waals surface area contributed by atoms with Crippen LogP contribution in [-0.4, -0.2) is 25.8 Å². The van der Waals surface area contributed by atoms with E-state index in [-0.39, 0.29) is 0 Å². The third-order valence-electron chi connectivity index (χ3n) is 2.27. The van der Waals surface area contributed by atoms with Gasteiger partial charge in [-0.2, -0.15) is 0 Å². The number of benzene rings is 1. The summed E-state index contributed by atoms with van der Waals surface area (Å²) in [6.45, 7) is 0.703. The Morgan fingerprint density at radius 1 is 1.44 bits per heavy atom. The second-order valence-electron chi connectivity index (χ2n) is 3.42. The Morgan fingerprint density at radius 3 is 2.69 bits per heavy atom. The minimum atomic E-state index is -0.640. The highest BCUT2D eigenvalue weighted by molar-refractivity contribution is 6.35. The Hall–Kier alpha value is -0.480. The summed E-state index contributed by atoms with van der Waals surface area (Å²) < 4.78 is 5.16. The van der Waals surface area contributed by atoms with Gasteiger partial charge in [-0.3, -0.25) is 0 Å². The molecule has 2 N–H and O–H groups in total.